The van der Waals surface area contributed by atoms with E-state index in [9.17, 15) is 9.59 Å². The number of hydrogen-bond acceptors (Lipinski definition) is 4. The third-order valence-electron chi connectivity index (χ3n) is 6.10. The SMILES string of the molecule is Cc1ccc(NC(=O)CCN2CCC3(CC2)C(=O)NCCCN3C)c(C)c1. The maximum Gasteiger partial charge on any atom is 0.240 e. The zero-order valence-corrected chi connectivity index (χ0v) is 16.8. The van der Waals surface area contributed by atoms with Gasteiger partial charge in [-0.3, -0.25) is 14.5 Å². The Labute approximate surface area is 162 Å². The van der Waals surface area contributed by atoms with Crippen LogP contribution in [0.4, 0.5) is 5.69 Å². The molecule has 6 heteroatoms. The molecule has 0 radical (unpaired) electrons. The first kappa shape index (κ1) is 19.8. The Bertz CT molecular complexity index is 695. The lowest BCUT2D eigenvalue weighted by Gasteiger charge is -2.45. The smallest absolute Gasteiger partial charge is 0.240 e. The van der Waals surface area contributed by atoms with Crippen LogP contribution in [-0.4, -0.2) is 66.9 Å². The minimum Gasteiger partial charge on any atom is -0.354 e. The van der Waals surface area contributed by atoms with E-state index in [1.807, 2.05) is 26.0 Å². The summed E-state index contributed by atoms with van der Waals surface area (Å²) in [6, 6.07) is 6.06. The van der Waals surface area contributed by atoms with E-state index in [-0.39, 0.29) is 17.4 Å². The summed E-state index contributed by atoms with van der Waals surface area (Å²) in [5.74, 6) is 0.223. The van der Waals surface area contributed by atoms with Crippen LogP contribution in [0.15, 0.2) is 18.2 Å². The van der Waals surface area contributed by atoms with Gasteiger partial charge < -0.3 is 15.5 Å². The van der Waals surface area contributed by atoms with Crippen LogP contribution >= 0.6 is 0 Å². The highest BCUT2D eigenvalue weighted by atomic mass is 16.2. The number of nitrogens with zero attached hydrogens (tertiary/aromatic N) is 2. The molecule has 2 aliphatic rings. The third-order valence-corrected chi connectivity index (χ3v) is 6.10. The molecule has 148 valence electrons. The highest BCUT2D eigenvalue weighted by Crippen LogP contribution is 2.30. The van der Waals surface area contributed by atoms with Crippen LogP contribution in [0.1, 0.15) is 36.8 Å². The Morgan fingerprint density at radius 3 is 2.67 bits per heavy atom. The fourth-order valence-electron chi connectivity index (χ4n) is 4.25. The zero-order valence-electron chi connectivity index (χ0n) is 16.8. The lowest BCUT2D eigenvalue weighted by molar-refractivity contribution is -0.135. The predicted molar refractivity (Wildman–Crippen MR) is 108 cm³/mol. The second-order valence-corrected chi connectivity index (χ2v) is 8.02. The summed E-state index contributed by atoms with van der Waals surface area (Å²) < 4.78 is 0. The molecule has 6 nitrogen and oxygen atoms in total. The second kappa shape index (κ2) is 8.40. The van der Waals surface area contributed by atoms with Gasteiger partial charge >= 0.3 is 0 Å². The molecule has 1 aromatic rings. The zero-order chi connectivity index (χ0) is 19.4. The maximum absolute atomic E-state index is 12.6. The number of aryl methyl sites for hydroxylation is 2. The quantitative estimate of drug-likeness (QED) is 0.848. The van der Waals surface area contributed by atoms with Crippen LogP contribution < -0.4 is 10.6 Å². The number of nitrogens with one attached hydrogen (secondary N) is 2. The number of carbonyl (C=O) groups is 2. The molecule has 2 heterocycles. The first-order chi connectivity index (χ1) is 12.9. The van der Waals surface area contributed by atoms with E-state index in [0.717, 1.165) is 63.2 Å². The Morgan fingerprint density at radius 1 is 1.22 bits per heavy atom. The fourth-order valence-corrected chi connectivity index (χ4v) is 4.25. The fraction of sp³-hybridized carbons (Fsp3) is 0.619. The van der Waals surface area contributed by atoms with Crippen LogP contribution in [0.2, 0.25) is 0 Å². The summed E-state index contributed by atoms with van der Waals surface area (Å²) in [6.45, 7) is 8.24. The number of rotatable bonds is 4. The van der Waals surface area contributed by atoms with Gasteiger partial charge in [-0.1, -0.05) is 17.7 Å². The topological polar surface area (TPSA) is 64.7 Å². The lowest BCUT2D eigenvalue weighted by atomic mass is 9.85. The highest BCUT2D eigenvalue weighted by molar-refractivity contribution is 5.91. The van der Waals surface area contributed by atoms with Crippen molar-refractivity contribution in [1.29, 1.82) is 0 Å². The van der Waals surface area contributed by atoms with Crippen molar-refractivity contribution in [2.24, 2.45) is 0 Å². The van der Waals surface area contributed by atoms with Crippen molar-refractivity contribution in [2.75, 3.05) is 45.1 Å². The Balaban J connectivity index is 1.49. The normalized spacial score (nSPS) is 20.9. The monoisotopic (exact) mass is 372 g/mol. The molecule has 3 rings (SSSR count). The van der Waals surface area contributed by atoms with E-state index >= 15 is 0 Å². The minimum atomic E-state index is -0.367. The van der Waals surface area contributed by atoms with Crippen LogP contribution in [0, 0.1) is 13.8 Å². The van der Waals surface area contributed by atoms with Crippen LogP contribution in [0.5, 0.6) is 0 Å². The second-order valence-electron chi connectivity index (χ2n) is 8.02. The predicted octanol–water partition coefficient (Wildman–Crippen LogP) is 1.92. The number of benzene rings is 1. The van der Waals surface area contributed by atoms with E-state index in [1.165, 1.54) is 5.56 Å². The number of piperidine rings is 1. The summed E-state index contributed by atoms with van der Waals surface area (Å²) in [7, 11) is 2.07. The van der Waals surface area contributed by atoms with E-state index in [0.29, 0.717) is 6.42 Å². The van der Waals surface area contributed by atoms with Crippen molar-refractivity contribution in [3.05, 3.63) is 29.3 Å². The van der Waals surface area contributed by atoms with E-state index in [2.05, 4.69) is 33.5 Å². The van der Waals surface area contributed by atoms with Gasteiger partial charge in [0.25, 0.3) is 0 Å². The van der Waals surface area contributed by atoms with Crippen molar-refractivity contribution in [3.8, 4) is 0 Å². The Kier molecular flexibility index (Phi) is 6.17. The van der Waals surface area contributed by atoms with E-state index in [4.69, 9.17) is 0 Å². The molecule has 0 unspecified atom stereocenters. The van der Waals surface area contributed by atoms with E-state index in [1.54, 1.807) is 0 Å². The minimum absolute atomic E-state index is 0.0477. The molecule has 0 atom stereocenters. The summed E-state index contributed by atoms with van der Waals surface area (Å²) in [5, 5.41) is 6.09. The summed E-state index contributed by atoms with van der Waals surface area (Å²) in [4.78, 5) is 29.5. The number of hydrogen-bond donors (Lipinski definition) is 2. The molecule has 2 fully saturated rings. The number of likely N-dealkylation sites (tertiary alicyclic amines) is 1. The van der Waals surface area contributed by atoms with Crippen molar-refractivity contribution in [1.82, 2.24) is 15.1 Å². The molecule has 1 spiro atoms. The van der Waals surface area contributed by atoms with Crippen molar-refractivity contribution >= 4 is 17.5 Å². The molecular weight excluding hydrogens is 340 g/mol. The molecule has 0 aromatic heterocycles. The molecular formula is C21H32N4O2. The van der Waals surface area contributed by atoms with Crippen molar-refractivity contribution in [3.63, 3.8) is 0 Å². The Hall–Kier alpha value is -1.92. The molecule has 2 aliphatic heterocycles. The molecule has 27 heavy (non-hydrogen) atoms. The first-order valence-corrected chi connectivity index (χ1v) is 10.00. The molecule has 0 bridgehead atoms. The summed E-state index contributed by atoms with van der Waals surface area (Å²) >= 11 is 0. The van der Waals surface area contributed by atoms with Gasteiger partial charge in [-0.15, -0.1) is 0 Å². The highest BCUT2D eigenvalue weighted by Gasteiger charge is 2.45. The number of carbonyl (C=O) groups excluding carboxylic acids is 2. The van der Waals surface area contributed by atoms with Gasteiger partial charge in [0.2, 0.25) is 11.8 Å². The van der Waals surface area contributed by atoms with Gasteiger partial charge in [0.15, 0.2) is 0 Å². The van der Waals surface area contributed by atoms with E-state index < -0.39 is 0 Å². The van der Waals surface area contributed by atoms with Crippen molar-refractivity contribution < 1.29 is 9.59 Å². The van der Waals surface area contributed by atoms with Gasteiger partial charge in [0, 0.05) is 44.8 Å². The van der Waals surface area contributed by atoms with Gasteiger partial charge in [-0.2, -0.15) is 0 Å². The van der Waals surface area contributed by atoms with Gasteiger partial charge in [0.1, 0.15) is 5.54 Å². The number of likely N-dealkylation sites (N-methyl/N-ethyl adjacent to an activating group) is 1. The molecule has 2 amide bonds. The van der Waals surface area contributed by atoms with Gasteiger partial charge in [-0.05, 0) is 51.8 Å². The lowest BCUT2D eigenvalue weighted by Crippen LogP contribution is -2.60. The van der Waals surface area contributed by atoms with Crippen LogP contribution in [0.25, 0.3) is 0 Å². The Morgan fingerprint density at radius 2 is 1.96 bits per heavy atom. The molecule has 2 saturated heterocycles. The standard InChI is InChI=1S/C21H32N4O2/c1-16-5-6-18(17(2)15-16)23-19(26)7-12-25-13-8-21(9-14-25)20(27)22-10-4-11-24(21)3/h5-6,15H,4,7-14H2,1-3H3,(H,22,27)(H,23,26). The van der Waals surface area contributed by atoms with Gasteiger partial charge in [0.05, 0.1) is 0 Å². The van der Waals surface area contributed by atoms with Crippen LogP contribution in [-0.2, 0) is 9.59 Å². The van der Waals surface area contributed by atoms with Crippen molar-refractivity contribution in [2.45, 2.75) is 45.1 Å². The third kappa shape index (κ3) is 4.50. The number of anilines is 1. The summed E-state index contributed by atoms with van der Waals surface area (Å²) in [5.41, 5.74) is 2.81. The first-order valence-electron chi connectivity index (χ1n) is 10.00. The molecule has 0 aliphatic carbocycles. The molecule has 1 aromatic carbocycles. The molecule has 2 N–H and O–H groups in total. The van der Waals surface area contributed by atoms with Crippen LogP contribution in [0.3, 0.4) is 0 Å². The average molecular weight is 373 g/mol. The molecule has 0 saturated carbocycles. The van der Waals surface area contributed by atoms with Gasteiger partial charge in [-0.25, -0.2) is 0 Å². The number of amides is 2. The average Bonchev–Trinajstić information content (AvgIpc) is 2.77. The summed E-state index contributed by atoms with van der Waals surface area (Å²) in [6.07, 6.45) is 3.14. The maximum atomic E-state index is 12.6. The largest absolute Gasteiger partial charge is 0.354 e.